The van der Waals surface area contributed by atoms with Crippen molar-refractivity contribution in [3.8, 4) is 11.4 Å². The van der Waals surface area contributed by atoms with Gasteiger partial charge in [0.2, 0.25) is 0 Å². The topological polar surface area (TPSA) is 85.6 Å². The number of rotatable bonds is 8. The van der Waals surface area contributed by atoms with E-state index in [2.05, 4.69) is 10.5 Å². The first-order chi connectivity index (χ1) is 17.6. The van der Waals surface area contributed by atoms with Gasteiger partial charge in [-0.15, -0.1) is 11.3 Å². The second-order valence-electron chi connectivity index (χ2n) is 8.35. The summed E-state index contributed by atoms with van der Waals surface area (Å²) in [7, 11) is 0. The van der Waals surface area contributed by atoms with Crippen LogP contribution in [0.2, 0.25) is 0 Å². The average molecular weight is 519 g/mol. The number of nitrogens with one attached hydrogen (secondary N) is 1. The minimum atomic E-state index is -0.276. The van der Waals surface area contributed by atoms with Gasteiger partial charge in [0.05, 0.1) is 29.6 Å². The zero-order chi connectivity index (χ0) is 24.9. The molecule has 7 nitrogen and oxygen atoms in total. The number of ether oxygens (including phenoxy) is 1. The molecule has 0 spiro atoms. The van der Waals surface area contributed by atoms with Gasteiger partial charge in [0.25, 0.3) is 11.5 Å². The van der Waals surface area contributed by atoms with Gasteiger partial charge in [0.15, 0.2) is 5.16 Å². The molecule has 9 heteroatoms. The van der Waals surface area contributed by atoms with Crippen molar-refractivity contribution in [3.63, 3.8) is 0 Å². The maximum Gasteiger partial charge on any atom is 0.267 e. The molecule has 0 aliphatic heterocycles. The molecule has 0 fully saturated rings. The van der Waals surface area contributed by atoms with Gasteiger partial charge < -0.3 is 4.74 Å². The number of amides is 1. The zero-order valence-electron chi connectivity index (χ0n) is 19.9. The standard InChI is InChI=1S/C27H26N4O3S2/c1-2-34-20-14-12-18(13-15-20)16-28-30-23(32)17-35-27-29-25-24(21-10-6-7-11-22(21)36-25)26(33)31(27)19-8-4-3-5-9-19/h3-5,8-9,12-16H,2,6-7,10-11,17H2,1H3,(H,30,32)/b28-16+. The van der Waals surface area contributed by atoms with E-state index in [-0.39, 0.29) is 17.2 Å². The number of aromatic nitrogens is 2. The number of benzene rings is 2. The second kappa shape index (κ2) is 11.1. The fourth-order valence-corrected chi connectivity index (χ4v) is 6.35. The predicted molar refractivity (Wildman–Crippen MR) is 146 cm³/mol. The minimum absolute atomic E-state index is 0.0676. The highest BCUT2D eigenvalue weighted by Gasteiger charge is 2.23. The number of hydrogen-bond donors (Lipinski definition) is 1. The average Bonchev–Trinajstić information content (AvgIpc) is 3.28. The third-order valence-electron chi connectivity index (χ3n) is 5.90. The lowest BCUT2D eigenvalue weighted by molar-refractivity contribution is -0.118. The van der Waals surface area contributed by atoms with Crippen LogP contribution < -0.4 is 15.7 Å². The lowest BCUT2D eigenvalue weighted by atomic mass is 9.97. The van der Waals surface area contributed by atoms with E-state index in [9.17, 15) is 9.59 Å². The van der Waals surface area contributed by atoms with Crippen LogP contribution in [0.4, 0.5) is 0 Å². The van der Waals surface area contributed by atoms with Crippen LogP contribution in [0.5, 0.6) is 5.75 Å². The SMILES string of the molecule is CCOc1ccc(/C=N/NC(=O)CSc2nc3sc4c(c3c(=O)n2-c2ccccc2)CCCC4)cc1. The fraction of sp³-hybridized carbons (Fsp3) is 0.259. The Labute approximate surface area is 217 Å². The Balaban J connectivity index is 1.35. The molecule has 1 N–H and O–H groups in total. The molecule has 2 aromatic heterocycles. The van der Waals surface area contributed by atoms with Crippen LogP contribution >= 0.6 is 23.1 Å². The number of aryl methyl sites for hydroxylation is 2. The van der Waals surface area contributed by atoms with Gasteiger partial charge in [-0.2, -0.15) is 5.10 Å². The Morgan fingerprint density at radius 1 is 1.17 bits per heavy atom. The summed E-state index contributed by atoms with van der Waals surface area (Å²) < 4.78 is 7.06. The highest BCUT2D eigenvalue weighted by Crippen LogP contribution is 2.35. The van der Waals surface area contributed by atoms with E-state index in [1.807, 2.05) is 61.5 Å². The Morgan fingerprint density at radius 2 is 1.94 bits per heavy atom. The van der Waals surface area contributed by atoms with E-state index in [0.717, 1.165) is 58.5 Å². The number of hydrazone groups is 1. The van der Waals surface area contributed by atoms with Crippen LogP contribution in [0.3, 0.4) is 0 Å². The van der Waals surface area contributed by atoms with E-state index in [0.29, 0.717) is 11.8 Å². The van der Waals surface area contributed by atoms with Gasteiger partial charge in [-0.05, 0) is 80.1 Å². The summed E-state index contributed by atoms with van der Waals surface area (Å²) in [6, 6.07) is 16.9. The lowest BCUT2D eigenvalue weighted by Gasteiger charge is -2.13. The maximum absolute atomic E-state index is 13.7. The summed E-state index contributed by atoms with van der Waals surface area (Å²) in [5.74, 6) is 0.591. The Kier molecular flexibility index (Phi) is 7.48. The van der Waals surface area contributed by atoms with Gasteiger partial charge in [0, 0.05) is 4.88 Å². The molecule has 4 aromatic rings. The van der Waals surface area contributed by atoms with Crippen molar-refractivity contribution >= 4 is 45.4 Å². The molecule has 2 aromatic carbocycles. The first kappa shape index (κ1) is 24.3. The second-order valence-corrected chi connectivity index (χ2v) is 10.4. The molecule has 1 amide bonds. The van der Waals surface area contributed by atoms with Crippen LogP contribution in [-0.2, 0) is 17.6 Å². The first-order valence-corrected chi connectivity index (χ1v) is 13.7. The van der Waals surface area contributed by atoms with Crippen molar-refractivity contribution in [2.75, 3.05) is 12.4 Å². The molecule has 1 aliphatic rings. The van der Waals surface area contributed by atoms with Crippen LogP contribution in [0.15, 0.2) is 69.6 Å². The van der Waals surface area contributed by atoms with E-state index < -0.39 is 0 Å². The summed E-state index contributed by atoms with van der Waals surface area (Å²) >= 11 is 2.85. The van der Waals surface area contributed by atoms with Crippen LogP contribution in [-0.4, -0.2) is 34.0 Å². The van der Waals surface area contributed by atoms with Crippen LogP contribution in [0, 0.1) is 0 Å². The van der Waals surface area contributed by atoms with Crippen molar-refractivity contribution < 1.29 is 9.53 Å². The fourth-order valence-electron chi connectivity index (χ4n) is 4.25. The maximum atomic E-state index is 13.7. The molecule has 2 heterocycles. The van der Waals surface area contributed by atoms with Gasteiger partial charge in [-0.1, -0.05) is 30.0 Å². The largest absolute Gasteiger partial charge is 0.494 e. The van der Waals surface area contributed by atoms with Gasteiger partial charge in [0.1, 0.15) is 10.6 Å². The molecule has 0 bridgehead atoms. The number of hydrogen-bond acceptors (Lipinski definition) is 7. The summed E-state index contributed by atoms with van der Waals surface area (Å²) in [5.41, 5.74) is 5.23. The number of para-hydroxylation sites is 1. The van der Waals surface area contributed by atoms with Crippen LogP contribution in [0.25, 0.3) is 15.9 Å². The molecule has 1 aliphatic carbocycles. The highest BCUT2D eigenvalue weighted by atomic mass is 32.2. The number of carbonyl (C=O) groups excluding carboxylic acids is 1. The van der Waals surface area contributed by atoms with Crippen LogP contribution in [0.1, 0.15) is 35.8 Å². The van der Waals surface area contributed by atoms with Gasteiger partial charge >= 0.3 is 0 Å². The van der Waals surface area contributed by atoms with Crippen molar-refractivity contribution in [2.24, 2.45) is 5.10 Å². The zero-order valence-corrected chi connectivity index (χ0v) is 21.5. The van der Waals surface area contributed by atoms with Crippen molar-refractivity contribution in [3.05, 3.63) is 81.0 Å². The number of nitrogens with zero attached hydrogens (tertiary/aromatic N) is 3. The van der Waals surface area contributed by atoms with E-state index in [4.69, 9.17) is 9.72 Å². The van der Waals surface area contributed by atoms with E-state index >= 15 is 0 Å². The quantitative estimate of drug-likeness (QED) is 0.154. The van der Waals surface area contributed by atoms with Crippen molar-refractivity contribution in [1.82, 2.24) is 15.0 Å². The molecule has 0 saturated carbocycles. The van der Waals surface area contributed by atoms with E-state index in [1.165, 1.54) is 16.6 Å². The third-order valence-corrected chi connectivity index (χ3v) is 8.02. The van der Waals surface area contributed by atoms with Crippen molar-refractivity contribution in [1.29, 1.82) is 0 Å². The highest BCUT2D eigenvalue weighted by molar-refractivity contribution is 7.99. The number of thioether (sulfide) groups is 1. The molecule has 0 radical (unpaired) electrons. The summed E-state index contributed by atoms with van der Waals surface area (Å²) in [6.45, 7) is 2.54. The lowest BCUT2D eigenvalue weighted by Crippen LogP contribution is -2.24. The van der Waals surface area contributed by atoms with Gasteiger partial charge in [-0.25, -0.2) is 10.4 Å². The minimum Gasteiger partial charge on any atom is -0.494 e. The molecule has 0 saturated heterocycles. The molecular weight excluding hydrogens is 492 g/mol. The number of carbonyl (C=O) groups is 1. The Morgan fingerprint density at radius 3 is 2.72 bits per heavy atom. The molecule has 0 unspecified atom stereocenters. The third kappa shape index (κ3) is 5.22. The van der Waals surface area contributed by atoms with Gasteiger partial charge in [-0.3, -0.25) is 14.2 Å². The number of fused-ring (bicyclic) bond motifs is 3. The molecule has 36 heavy (non-hydrogen) atoms. The summed E-state index contributed by atoms with van der Waals surface area (Å²) in [4.78, 5) is 33.1. The smallest absolute Gasteiger partial charge is 0.267 e. The molecule has 5 rings (SSSR count). The normalized spacial score (nSPS) is 13.1. The Hall–Kier alpha value is -3.43. The Bertz CT molecular complexity index is 1460. The van der Waals surface area contributed by atoms with E-state index in [1.54, 1.807) is 22.1 Å². The first-order valence-electron chi connectivity index (χ1n) is 11.9. The van der Waals surface area contributed by atoms with Crippen molar-refractivity contribution in [2.45, 2.75) is 37.8 Å². The monoisotopic (exact) mass is 518 g/mol. The molecular formula is C27H26N4O3S2. The molecule has 184 valence electrons. The number of thiophene rings is 1. The predicted octanol–water partition coefficient (Wildman–Crippen LogP) is 4.97. The summed E-state index contributed by atoms with van der Waals surface area (Å²) in [6.07, 6.45) is 5.74. The molecule has 0 atom stereocenters. The summed E-state index contributed by atoms with van der Waals surface area (Å²) in [5, 5.41) is 5.29.